The van der Waals surface area contributed by atoms with Crippen molar-refractivity contribution in [1.29, 1.82) is 0 Å². The van der Waals surface area contributed by atoms with Crippen LogP contribution in [-0.2, 0) is 0 Å². The Morgan fingerprint density at radius 2 is 0.966 bits per heavy atom. The lowest BCUT2D eigenvalue weighted by Crippen LogP contribution is -2.26. The van der Waals surface area contributed by atoms with E-state index in [4.69, 9.17) is 0 Å². The largest absolute Gasteiger partial charge is 0.310 e. The first-order valence-electron chi connectivity index (χ1n) is 10.7. The summed E-state index contributed by atoms with van der Waals surface area (Å²) in [6.07, 6.45) is 1.10. The van der Waals surface area contributed by atoms with E-state index in [1.807, 2.05) is 0 Å². The molecule has 0 fully saturated rings. The second-order valence-corrected chi connectivity index (χ2v) is 7.84. The Kier molecular flexibility index (Phi) is 6.24. The number of fused-ring (bicyclic) bond motifs is 2. The first kappa shape index (κ1) is 19.6. The molecule has 0 spiro atoms. The molecule has 2 atom stereocenters. The van der Waals surface area contributed by atoms with Crippen LogP contribution in [-0.4, -0.2) is 13.1 Å². The lowest BCUT2D eigenvalue weighted by molar-refractivity contribution is 0.513. The van der Waals surface area contributed by atoms with Crippen molar-refractivity contribution in [3.05, 3.63) is 96.1 Å². The molecule has 0 heterocycles. The van der Waals surface area contributed by atoms with Gasteiger partial charge in [0.25, 0.3) is 0 Å². The van der Waals surface area contributed by atoms with E-state index < -0.39 is 0 Å². The van der Waals surface area contributed by atoms with Gasteiger partial charge in [-0.1, -0.05) is 84.9 Å². The van der Waals surface area contributed by atoms with Crippen LogP contribution in [0.25, 0.3) is 21.5 Å². The van der Waals surface area contributed by atoms with Gasteiger partial charge in [0.15, 0.2) is 0 Å². The van der Waals surface area contributed by atoms with Gasteiger partial charge in [-0.2, -0.15) is 0 Å². The van der Waals surface area contributed by atoms with Gasteiger partial charge in [-0.05, 0) is 66.0 Å². The lowest BCUT2D eigenvalue weighted by atomic mass is 9.99. The highest BCUT2D eigenvalue weighted by Gasteiger charge is 2.10. The van der Waals surface area contributed by atoms with Gasteiger partial charge in [0, 0.05) is 12.1 Å². The second kappa shape index (κ2) is 9.21. The summed E-state index contributed by atoms with van der Waals surface area (Å²) in [7, 11) is 0. The molecule has 0 radical (unpaired) electrons. The first-order valence-corrected chi connectivity index (χ1v) is 10.7. The summed E-state index contributed by atoms with van der Waals surface area (Å²) in [4.78, 5) is 0. The van der Waals surface area contributed by atoms with Gasteiger partial charge >= 0.3 is 0 Å². The fourth-order valence-electron chi connectivity index (χ4n) is 4.20. The summed E-state index contributed by atoms with van der Waals surface area (Å²) in [5.41, 5.74) is 2.75. The van der Waals surface area contributed by atoms with Crippen LogP contribution in [0, 0.1) is 0 Å². The van der Waals surface area contributed by atoms with Crippen molar-refractivity contribution in [1.82, 2.24) is 10.6 Å². The quantitative estimate of drug-likeness (QED) is 0.345. The smallest absolute Gasteiger partial charge is 0.0297 e. The monoisotopic (exact) mass is 382 g/mol. The van der Waals surface area contributed by atoms with Crippen LogP contribution in [0.2, 0.25) is 0 Å². The third-order valence-electron chi connectivity index (χ3n) is 5.83. The second-order valence-electron chi connectivity index (χ2n) is 7.84. The van der Waals surface area contributed by atoms with Crippen LogP contribution in [0.3, 0.4) is 0 Å². The molecule has 0 bridgehead atoms. The van der Waals surface area contributed by atoms with Crippen molar-refractivity contribution in [3.63, 3.8) is 0 Å². The molecule has 0 saturated heterocycles. The normalized spacial score (nSPS) is 13.6. The molecule has 0 aliphatic carbocycles. The summed E-state index contributed by atoms with van der Waals surface area (Å²) in [6.45, 7) is 6.52. The molecule has 0 aliphatic rings. The Labute approximate surface area is 174 Å². The molecule has 2 N–H and O–H groups in total. The van der Waals surface area contributed by atoms with E-state index in [1.54, 1.807) is 0 Å². The van der Waals surface area contributed by atoms with Gasteiger partial charge in [0.05, 0.1) is 0 Å². The van der Waals surface area contributed by atoms with Crippen LogP contribution >= 0.6 is 0 Å². The third-order valence-corrected chi connectivity index (χ3v) is 5.83. The Bertz CT molecular complexity index is 988. The lowest BCUT2D eigenvalue weighted by Gasteiger charge is -2.19. The zero-order valence-corrected chi connectivity index (χ0v) is 17.4. The minimum absolute atomic E-state index is 0.344. The summed E-state index contributed by atoms with van der Waals surface area (Å²) in [5, 5.41) is 12.7. The number of benzene rings is 4. The van der Waals surface area contributed by atoms with Crippen molar-refractivity contribution in [3.8, 4) is 0 Å². The fraction of sp³-hybridized carbons (Fsp3) is 0.259. The summed E-state index contributed by atoms with van der Waals surface area (Å²) in [5.74, 6) is 0. The van der Waals surface area contributed by atoms with Crippen LogP contribution in [0.5, 0.6) is 0 Å². The maximum Gasteiger partial charge on any atom is 0.0297 e. The Hall–Kier alpha value is -2.68. The predicted octanol–water partition coefficient (Wildman–Crippen LogP) is 6.38. The molecule has 2 unspecified atom stereocenters. The molecule has 2 nitrogen and oxygen atoms in total. The maximum atomic E-state index is 3.69. The minimum Gasteiger partial charge on any atom is -0.310 e. The fourth-order valence-corrected chi connectivity index (χ4v) is 4.20. The van der Waals surface area contributed by atoms with Gasteiger partial charge in [-0.15, -0.1) is 0 Å². The Morgan fingerprint density at radius 3 is 1.45 bits per heavy atom. The molecule has 29 heavy (non-hydrogen) atoms. The number of hydrogen-bond acceptors (Lipinski definition) is 2. The number of rotatable bonds is 8. The van der Waals surface area contributed by atoms with E-state index in [-0.39, 0.29) is 0 Å². The van der Waals surface area contributed by atoms with Crippen LogP contribution < -0.4 is 10.6 Å². The van der Waals surface area contributed by atoms with E-state index >= 15 is 0 Å². The Balaban J connectivity index is 1.29. The molecule has 0 aliphatic heterocycles. The average Bonchev–Trinajstić information content (AvgIpc) is 2.77. The molecular weight excluding hydrogens is 352 g/mol. The summed E-state index contributed by atoms with van der Waals surface area (Å²) >= 11 is 0. The van der Waals surface area contributed by atoms with Crippen molar-refractivity contribution in [2.75, 3.05) is 13.1 Å². The van der Waals surface area contributed by atoms with Crippen molar-refractivity contribution < 1.29 is 0 Å². The van der Waals surface area contributed by atoms with E-state index in [0.717, 1.165) is 19.5 Å². The molecule has 4 aromatic rings. The minimum atomic E-state index is 0.344. The summed E-state index contributed by atoms with van der Waals surface area (Å²) < 4.78 is 0. The first-order chi connectivity index (χ1) is 14.2. The predicted molar refractivity (Wildman–Crippen MR) is 125 cm³/mol. The molecular formula is C27H30N2. The molecule has 4 aromatic carbocycles. The van der Waals surface area contributed by atoms with Gasteiger partial charge in [-0.3, -0.25) is 0 Å². The SMILES string of the molecule is CC(NCCCNC(C)c1cccc2ccccc12)c1cccc2ccccc12. The topological polar surface area (TPSA) is 24.1 Å². The van der Waals surface area contributed by atoms with Crippen molar-refractivity contribution in [2.45, 2.75) is 32.4 Å². The van der Waals surface area contributed by atoms with Crippen molar-refractivity contribution >= 4 is 21.5 Å². The average molecular weight is 383 g/mol. The third kappa shape index (κ3) is 4.50. The molecule has 2 heteroatoms. The highest BCUT2D eigenvalue weighted by atomic mass is 14.9. The zero-order valence-electron chi connectivity index (χ0n) is 17.4. The number of nitrogens with one attached hydrogen (secondary N) is 2. The highest BCUT2D eigenvalue weighted by molar-refractivity contribution is 5.86. The molecule has 0 saturated carbocycles. The van der Waals surface area contributed by atoms with Crippen molar-refractivity contribution in [2.24, 2.45) is 0 Å². The highest BCUT2D eigenvalue weighted by Crippen LogP contribution is 2.25. The van der Waals surface area contributed by atoms with Gasteiger partial charge < -0.3 is 10.6 Å². The molecule has 4 rings (SSSR count). The van der Waals surface area contributed by atoms with E-state index in [2.05, 4.69) is 109 Å². The standard InChI is InChI=1S/C27H30N2/c1-20(24-16-7-12-22-10-3-5-14-26(22)24)28-18-9-19-29-21(2)25-17-8-13-23-11-4-6-15-27(23)25/h3-8,10-17,20-21,28-29H,9,18-19H2,1-2H3. The van der Waals surface area contributed by atoms with Crippen LogP contribution in [0.15, 0.2) is 84.9 Å². The molecule has 0 aromatic heterocycles. The van der Waals surface area contributed by atoms with Crippen LogP contribution in [0.4, 0.5) is 0 Å². The summed E-state index contributed by atoms with van der Waals surface area (Å²) in [6, 6.07) is 31.1. The van der Waals surface area contributed by atoms with Gasteiger partial charge in [-0.25, -0.2) is 0 Å². The van der Waals surface area contributed by atoms with E-state index in [0.29, 0.717) is 12.1 Å². The van der Waals surface area contributed by atoms with Gasteiger partial charge in [0.1, 0.15) is 0 Å². The molecule has 0 amide bonds. The Morgan fingerprint density at radius 1 is 0.552 bits per heavy atom. The van der Waals surface area contributed by atoms with Gasteiger partial charge in [0.2, 0.25) is 0 Å². The number of hydrogen-bond donors (Lipinski definition) is 2. The van der Waals surface area contributed by atoms with E-state index in [9.17, 15) is 0 Å². The molecule has 148 valence electrons. The van der Waals surface area contributed by atoms with Crippen LogP contribution in [0.1, 0.15) is 43.5 Å². The van der Waals surface area contributed by atoms with E-state index in [1.165, 1.54) is 32.7 Å². The maximum absolute atomic E-state index is 3.69. The zero-order chi connectivity index (χ0) is 20.1.